The van der Waals surface area contributed by atoms with E-state index in [1.807, 2.05) is 6.26 Å². The van der Waals surface area contributed by atoms with Gasteiger partial charge in [0.2, 0.25) is 0 Å². The highest BCUT2D eigenvalue weighted by Gasteiger charge is 2.14. The molecule has 82 valence electrons. The first-order chi connectivity index (χ1) is 7.40. The lowest BCUT2D eigenvalue weighted by Gasteiger charge is -2.21. The van der Waals surface area contributed by atoms with Crippen molar-refractivity contribution in [3.05, 3.63) is 29.8 Å². The van der Waals surface area contributed by atoms with Crippen molar-refractivity contribution in [1.29, 1.82) is 0 Å². The van der Waals surface area contributed by atoms with Crippen LogP contribution in [0.4, 0.5) is 0 Å². The molecule has 1 fully saturated rings. The van der Waals surface area contributed by atoms with Gasteiger partial charge in [0, 0.05) is 6.26 Å². The minimum atomic E-state index is 0.794. The van der Waals surface area contributed by atoms with E-state index in [4.69, 9.17) is 4.18 Å². The van der Waals surface area contributed by atoms with Gasteiger partial charge in [-0.25, -0.2) is 0 Å². The second kappa shape index (κ2) is 5.45. The Labute approximate surface area is 96.4 Å². The molecule has 0 spiro atoms. The van der Waals surface area contributed by atoms with E-state index < -0.39 is 0 Å². The van der Waals surface area contributed by atoms with Crippen molar-refractivity contribution in [3.8, 4) is 5.75 Å². The standard InChI is InChI=1S/C13H18OS/c1-15-14-13-9-7-12(8-10-13)11-5-3-2-4-6-11/h7-11H,2-6H2,1H3. The summed E-state index contributed by atoms with van der Waals surface area (Å²) in [5, 5.41) is 0. The molecule has 0 amide bonds. The molecule has 0 N–H and O–H groups in total. The lowest BCUT2D eigenvalue weighted by molar-refractivity contribution is 0.443. The molecule has 0 unspecified atom stereocenters. The number of hydrogen-bond acceptors (Lipinski definition) is 2. The van der Waals surface area contributed by atoms with Gasteiger partial charge < -0.3 is 4.18 Å². The molecule has 1 aromatic rings. The van der Waals surface area contributed by atoms with Gasteiger partial charge in [0.1, 0.15) is 5.75 Å². The van der Waals surface area contributed by atoms with Gasteiger partial charge in [-0.05, 0) is 36.5 Å². The Balaban J connectivity index is 2.02. The van der Waals surface area contributed by atoms with Crippen molar-refractivity contribution in [1.82, 2.24) is 0 Å². The minimum absolute atomic E-state index is 0.794. The van der Waals surface area contributed by atoms with Crippen molar-refractivity contribution in [2.75, 3.05) is 6.26 Å². The number of benzene rings is 1. The van der Waals surface area contributed by atoms with E-state index in [0.717, 1.165) is 11.7 Å². The molecule has 1 saturated carbocycles. The molecule has 0 heterocycles. The monoisotopic (exact) mass is 222 g/mol. The van der Waals surface area contributed by atoms with Crippen molar-refractivity contribution >= 4 is 12.0 Å². The maximum absolute atomic E-state index is 5.36. The van der Waals surface area contributed by atoms with Crippen LogP contribution in [0.25, 0.3) is 0 Å². The summed E-state index contributed by atoms with van der Waals surface area (Å²) in [5.41, 5.74) is 1.49. The van der Waals surface area contributed by atoms with E-state index in [-0.39, 0.29) is 0 Å². The fraction of sp³-hybridized carbons (Fsp3) is 0.538. The molecule has 0 radical (unpaired) electrons. The Hall–Kier alpha value is -0.630. The Kier molecular flexibility index (Phi) is 3.95. The van der Waals surface area contributed by atoms with E-state index in [2.05, 4.69) is 24.3 Å². The molecule has 0 atom stereocenters. The summed E-state index contributed by atoms with van der Waals surface area (Å²) in [7, 11) is 0. The Morgan fingerprint density at radius 3 is 2.33 bits per heavy atom. The molecule has 0 bridgehead atoms. The van der Waals surface area contributed by atoms with Gasteiger partial charge in [-0.15, -0.1) is 0 Å². The summed E-state index contributed by atoms with van der Waals surface area (Å²) in [5.74, 6) is 1.75. The predicted molar refractivity (Wildman–Crippen MR) is 66.4 cm³/mol. The van der Waals surface area contributed by atoms with Gasteiger partial charge >= 0.3 is 0 Å². The molecule has 2 heteroatoms. The second-order valence-corrected chi connectivity index (χ2v) is 4.65. The molecule has 0 aliphatic heterocycles. The van der Waals surface area contributed by atoms with Gasteiger partial charge in [-0.1, -0.05) is 31.4 Å². The molecule has 0 saturated heterocycles. The summed E-state index contributed by atoms with van der Waals surface area (Å²) in [6, 6.07) is 8.62. The SMILES string of the molecule is CSOc1ccc(C2CCCCC2)cc1. The molecule has 1 nitrogen and oxygen atoms in total. The smallest absolute Gasteiger partial charge is 0.137 e. The third-order valence-electron chi connectivity index (χ3n) is 3.14. The largest absolute Gasteiger partial charge is 0.426 e. The van der Waals surface area contributed by atoms with Crippen LogP contribution in [0.1, 0.15) is 43.6 Å². The quantitative estimate of drug-likeness (QED) is 0.701. The molecule has 15 heavy (non-hydrogen) atoms. The van der Waals surface area contributed by atoms with Gasteiger partial charge in [0.25, 0.3) is 0 Å². The van der Waals surface area contributed by atoms with Crippen LogP contribution in [-0.2, 0) is 0 Å². The average Bonchev–Trinajstić information content (AvgIpc) is 2.32. The van der Waals surface area contributed by atoms with Crippen molar-refractivity contribution < 1.29 is 4.18 Å². The fourth-order valence-corrected chi connectivity index (χ4v) is 2.63. The average molecular weight is 222 g/mol. The highest BCUT2D eigenvalue weighted by atomic mass is 32.2. The zero-order valence-electron chi connectivity index (χ0n) is 9.24. The maximum atomic E-state index is 5.36. The molecule has 1 aliphatic carbocycles. The van der Waals surface area contributed by atoms with Gasteiger partial charge in [-0.2, -0.15) is 0 Å². The summed E-state index contributed by atoms with van der Waals surface area (Å²) < 4.78 is 5.36. The Morgan fingerprint density at radius 2 is 1.73 bits per heavy atom. The van der Waals surface area contributed by atoms with Gasteiger partial charge in [0.05, 0.1) is 12.0 Å². The lowest BCUT2D eigenvalue weighted by atomic mass is 9.84. The summed E-state index contributed by atoms with van der Waals surface area (Å²) in [6.07, 6.45) is 8.88. The van der Waals surface area contributed by atoms with Crippen molar-refractivity contribution in [2.24, 2.45) is 0 Å². The zero-order valence-corrected chi connectivity index (χ0v) is 10.1. The van der Waals surface area contributed by atoms with Crippen LogP contribution in [0.2, 0.25) is 0 Å². The Morgan fingerprint density at radius 1 is 1.07 bits per heavy atom. The van der Waals surface area contributed by atoms with Crippen LogP contribution in [0.5, 0.6) is 5.75 Å². The van der Waals surface area contributed by atoms with Crippen LogP contribution in [-0.4, -0.2) is 6.26 Å². The third kappa shape index (κ3) is 2.91. The van der Waals surface area contributed by atoms with Crippen LogP contribution in [0.3, 0.4) is 0 Å². The maximum Gasteiger partial charge on any atom is 0.137 e. The summed E-state index contributed by atoms with van der Waals surface area (Å²) >= 11 is 1.40. The van der Waals surface area contributed by atoms with E-state index in [0.29, 0.717) is 0 Å². The van der Waals surface area contributed by atoms with E-state index in [1.54, 1.807) is 0 Å². The first-order valence-corrected chi connectivity index (χ1v) is 6.86. The summed E-state index contributed by atoms with van der Waals surface area (Å²) in [4.78, 5) is 0. The Bertz CT molecular complexity index is 288. The number of hydrogen-bond donors (Lipinski definition) is 0. The van der Waals surface area contributed by atoms with Crippen molar-refractivity contribution in [3.63, 3.8) is 0 Å². The highest BCUT2D eigenvalue weighted by Crippen LogP contribution is 2.33. The molecule has 1 aromatic carbocycles. The molecule has 1 aliphatic rings. The fourth-order valence-electron chi connectivity index (χ4n) is 2.33. The molecular weight excluding hydrogens is 204 g/mol. The topological polar surface area (TPSA) is 9.23 Å². The first-order valence-electron chi connectivity index (χ1n) is 5.71. The normalized spacial score (nSPS) is 17.7. The lowest BCUT2D eigenvalue weighted by Crippen LogP contribution is -2.03. The van der Waals surface area contributed by atoms with Crippen molar-refractivity contribution in [2.45, 2.75) is 38.0 Å². The van der Waals surface area contributed by atoms with Gasteiger partial charge in [-0.3, -0.25) is 0 Å². The molecule has 0 aromatic heterocycles. The van der Waals surface area contributed by atoms with E-state index in [1.165, 1.54) is 49.7 Å². The molecular formula is C13H18OS. The van der Waals surface area contributed by atoms with E-state index in [9.17, 15) is 0 Å². The predicted octanol–water partition coefficient (Wildman–Crippen LogP) is 4.39. The van der Waals surface area contributed by atoms with Crippen LogP contribution in [0.15, 0.2) is 24.3 Å². The minimum Gasteiger partial charge on any atom is -0.426 e. The third-order valence-corrected chi connectivity index (χ3v) is 3.50. The van der Waals surface area contributed by atoms with Crippen LogP contribution < -0.4 is 4.18 Å². The first kappa shape index (κ1) is 10.9. The van der Waals surface area contributed by atoms with Crippen LogP contribution >= 0.6 is 12.0 Å². The van der Waals surface area contributed by atoms with Crippen LogP contribution in [0, 0.1) is 0 Å². The summed E-state index contributed by atoms with van der Waals surface area (Å²) in [6.45, 7) is 0. The highest BCUT2D eigenvalue weighted by molar-refractivity contribution is 7.94. The zero-order chi connectivity index (χ0) is 10.5. The van der Waals surface area contributed by atoms with Gasteiger partial charge in [0.15, 0.2) is 0 Å². The number of rotatable bonds is 3. The molecule has 2 rings (SSSR count). The second-order valence-electron chi connectivity index (χ2n) is 4.15. The van der Waals surface area contributed by atoms with E-state index >= 15 is 0 Å².